The van der Waals surface area contributed by atoms with Crippen LogP contribution in [0.25, 0.3) is 0 Å². The van der Waals surface area contributed by atoms with Crippen molar-refractivity contribution < 1.29 is 19.2 Å². The van der Waals surface area contributed by atoms with Gasteiger partial charge in [0.15, 0.2) is 23.1 Å². The number of aromatic nitrogens is 2. The maximum absolute atomic E-state index is 12.8. The minimum atomic E-state index is -0.257. The Bertz CT molecular complexity index is 1910. The number of pyridine rings is 2. The molecular weight excluding hydrogens is 673 g/mol. The fourth-order valence-electron chi connectivity index (χ4n) is 6.85. The Morgan fingerprint density at radius 3 is 1.26 bits per heavy atom. The highest BCUT2D eigenvalue weighted by Gasteiger charge is 2.35. The molecule has 2 saturated carbocycles. The number of hydrogen-bond acceptors (Lipinski definition) is 8. The first-order valence-corrected chi connectivity index (χ1v) is 19.1. The lowest BCUT2D eigenvalue weighted by Gasteiger charge is -2.16. The average molecular weight is 721 g/mol. The first-order chi connectivity index (χ1) is 26.1. The summed E-state index contributed by atoms with van der Waals surface area (Å²) in [5.74, 6) is 1.52. The molecule has 0 radical (unpaired) electrons. The monoisotopic (exact) mass is 720 g/mol. The summed E-state index contributed by atoms with van der Waals surface area (Å²) in [5.41, 5.74) is 4.87. The van der Waals surface area contributed by atoms with Gasteiger partial charge in [0.25, 0.3) is 0 Å². The van der Waals surface area contributed by atoms with Crippen molar-refractivity contribution >= 4 is 23.1 Å². The molecule has 2 aromatic heterocycles. The van der Waals surface area contributed by atoms with Crippen LogP contribution >= 0.6 is 0 Å². The normalized spacial score (nSPS) is 19.1. The van der Waals surface area contributed by atoms with E-state index < -0.39 is 0 Å². The Hall–Kier alpha value is -5.60. The molecule has 276 valence electrons. The average Bonchev–Trinajstić information content (AvgIpc) is 4.11. The second-order valence-corrected chi connectivity index (χ2v) is 14.7. The van der Waals surface area contributed by atoms with Crippen molar-refractivity contribution in [2.45, 2.75) is 90.9 Å². The molecule has 6 atom stereocenters. The van der Waals surface area contributed by atoms with Crippen LogP contribution in [0.5, 0.6) is 0 Å². The molecular formula is C46H48N4O4. The van der Waals surface area contributed by atoms with E-state index in [1.807, 2.05) is 60.7 Å². The number of hydrogen-bond donors (Lipinski definition) is 0. The second-order valence-electron chi connectivity index (χ2n) is 14.7. The van der Waals surface area contributed by atoms with Crippen LogP contribution < -0.4 is 0 Å². The first-order valence-electron chi connectivity index (χ1n) is 19.1. The van der Waals surface area contributed by atoms with Gasteiger partial charge in [0.1, 0.15) is 11.4 Å². The van der Waals surface area contributed by atoms with E-state index in [4.69, 9.17) is 0 Å². The summed E-state index contributed by atoms with van der Waals surface area (Å²) in [6.45, 7) is 7.88. The number of Topliss-reactive ketones (excluding diaryl/α,β-unsaturated/α-hetero) is 4. The van der Waals surface area contributed by atoms with Gasteiger partial charge in [-0.05, 0) is 71.9 Å². The van der Waals surface area contributed by atoms with Crippen molar-refractivity contribution in [1.29, 1.82) is 10.5 Å². The third kappa shape index (κ3) is 10.3. The Balaban J connectivity index is 0.000000208. The summed E-state index contributed by atoms with van der Waals surface area (Å²) in [6.07, 6.45) is 4.35. The Labute approximate surface area is 318 Å². The Morgan fingerprint density at radius 1 is 0.611 bits per heavy atom. The molecule has 0 saturated heterocycles. The van der Waals surface area contributed by atoms with Crippen LogP contribution in [0.3, 0.4) is 0 Å². The van der Waals surface area contributed by atoms with Crippen molar-refractivity contribution in [1.82, 2.24) is 9.97 Å². The van der Waals surface area contributed by atoms with Gasteiger partial charge < -0.3 is 0 Å². The van der Waals surface area contributed by atoms with Crippen LogP contribution in [0.2, 0.25) is 0 Å². The molecule has 0 bridgehead atoms. The minimum Gasteiger partial charge on any atom is -0.294 e. The number of nitrogens with zero attached hydrogens (tertiary/aromatic N) is 4. The quantitative estimate of drug-likeness (QED) is 0.104. The van der Waals surface area contributed by atoms with Crippen molar-refractivity contribution in [2.24, 2.45) is 23.7 Å². The molecule has 0 aliphatic heterocycles. The fraction of sp³-hybridized carbons (Fsp3) is 0.391. The highest BCUT2D eigenvalue weighted by atomic mass is 16.1. The van der Waals surface area contributed by atoms with Crippen LogP contribution in [0.15, 0.2) is 84.9 Å². The predicted octanol–water partition coefficient (Wildman–Crippen LogP) is 9.90. The van der Waals surface area contributed by atoms with Gasteiger partial charge in [-0.3, -0.25) is 19.2 Å². The van der Waals surface area contributed by atoms with Gasteiger partial charge in [0, 0.05) is 61.5 Å². The summed E-state index contributed by atoms with van der Waals surface area (Å²) in [6, 6.07) is 30.5. The highest BCUT2D eigenvalue weighted by Crippen LogP contribution is 2.42. The molecule has 2 aliphatic rings. The van der Waals surface area contributed by atoms with Gasteiger partial charge in [-0.25, -0.2) is 9.97 Å². The van der Waals surface area contributed by atoms with E-state index in [1.165, 1.54) is 0 Å². The number of benzene rings is 2. The van der Waals surface area contributed by atoms with E-state index >= 15 is 0 Å². The lowest BCUT2D eigenvalue weighted by molar-refractivity contribution is 0.0961. The van der Waals surface area contributed by atoms with E-state index in [2.05, 4.69) is 36.0 Å². The highest BCUT2D eigenvalue weighted by molar-refractivity contribution is 6.01. The van der Waals surface area contributed by atoms with E-state index in [9.17, 15) is 29.7 Å². The van der Waals surface area contributed by atoms with Crippen molar-refractivity contribution in [3.05, 3.63) is 130 Å². The fourth-order valence-corrected chi connectivity index (χ4v) is 6.85. The molecule has 54 heavy (non-hydrogen) atoms. The van der Waals surface area contributed by atoms with Crippen molar-refractivity contribution in [3.8, 4) is 12.1 Å². The van der Waals surface area contributed by atoms with Gasteiger partial charge in [-0.1, -0.05) is 88.4 Å². The zero-order valence-corrected chi connectivity index (χ0v) is 31.6. The zero-order valence-electron chi connectivity index (χ0n) is 31.6. The lowest BCUT2D eigenvalue weighted by Crippen LogP contribution is -2.12. The Morgan fingerprint density at radius 2 is 0.963 bits per heavy atom. The summed E-state index contributed by atoms with van der Waals surface area (Å²) < 4.78 is 0. The largest absolute Gasteiger partial charge is 0.294 e. The SMILES string of the molecule is CCC(=O)c1cc(C(=O)C[C@H]2C[C@@H]2C)cc([C@@H](CC#N)c2ccccc2)n1.CCC(=O)c1cc(C(=O)C[C@H]2C[C@@H]2C)cc([C@H](CC#N)c2ccccc2)n1. The van der Waals surface area contributed by atoms with Crippen molar-refractivity contribution in [2.75, 3.05) is 0 Å². The molecule has 4 aromatic rings. The topological polar surface area (TPSA) is 142 Å². The summed E-state index contributed by atoms with van der Waals surface area (Å²) in [4.78, 5) is 59.2. The van der Waals surface area contributed by atoms with Crippen LogP contribution in [0.1, 0.15) is 155 Å². The lowest BCUT2D eigenvalue weighted by atomic mass is 9.90. The molecule has 2 aromatic carbocycles. The van der Waals surface area contributed by atoms with Gasteiger partial charge in [-0.2, -0.15) is 10.5 Å². The van der Waals surface area contributed by atoms with Gasteiger partial charge >= 0.3 is 0 Å². The summed E-state index contributed by atoms with van der Waals surface area (Å²) in [5, 5.41) is 18.6. The van der Waals surface area contributed by atoms with Crippen LogP contribution in [0, 0.1) is 46.3 Å². The molecule has 0 amide bonds. The molecule has 2 heterocycles. The van der Waals surface area contributed by atoms with Gasteiger partial charge in [0.05, 0.1) is 23.5 Å². The van der Waals surface area contributed by atoms with Crippen LogP contribution in [-0.2, 0) is 0 Å². The van der Waals surface area contributed by atoms with Crippen LogP contribution in [-0.4, -0.2) is 33.1 Å². The zero-order chi connectivity index (χ0) is 38.8. The molecule has 8 heteroatoms. The molecule has 0 unspecified atom stereocenters. The summed E-state index contributed by atoms with van der Waals surface area (Å²) >= 11 is 0. The van der Waals surface area contributed by atoms with Gasteiger partial charge in [0.2, 0.25) is 0 Å². The maximum Gasteiger partial charge on any atom is 0.180 e. The first kappa shape index (κ1) is 39.6. The number of ketones is 4. The molecule has 6 rings (SSSR count). The molecule has 2 fully saturated rings. The third-order valence-electron chi connectivity index (χ3n) is 10.7. The van der Waals surface area contributed by atoms with E-state index in [1.54, 1.807) is 38.1 Å². The van der Waals surface area contributed by atoms with E-state index in [0.717, 1.165) is 24.0 Å². The minimum absolute atomic E-state index is 0.0573. The number of rotatable bonds is 16. The predicted molar refractivity (Wildman–Crippen MR) is 207 cm³/mol. The number of nitriles is 2. The van der Waals surface area contributed by atoms with Gasteiger partial charge in [-0.15, -0.1) is 0 Å². The second kappa shape index (κ2) is 18.4. The van der Waals surface area contributed by atoms with Crippen molar-refractivity contribution in [3.63, 3.8) is 0 Å². The van der Waals surface area contributed by atoms with E-state index in [-0.39, 0.29) is 47.8 Å². The molecule has 0 N–H and O–H groups in total. The maximum atomic E-state index is 12.8. The molecule has 2 aliphatic carbocycles. The smallest absolute Gasteiger partial charge is 0.180 e. The third-order valence-corrected chi connectivity index (χ3v) is 10.7. The number of carbonyl (C=O) groups is 4. The number of carbonyl (C=O) groups excluding carboxylic acids is 4. The van der Waals surface area contributed by atoms with E-state index in [0.29, 0.717) is 83.3 Å². The summed E-state index contributed by atoms with van der Waals surface area (Å²) in [7, 11) is 0. The Kier molecular flexibility index (Phi) is 13.5. The standard InChI is InChI=1S/2C23H24N2O2/c2*1-3-22(26)21-13-18(23(27)14-17-11-15(17)2)12-20(25-21)19(9-10-24)16-7-5-4-6-8-16/h2*4-8,12-13,15,17,19H,3,9,11,14H2,1-2H3/t15-,17+,19+;15-,17+,19-/m00/s1. The molecule has 8 nitrogen and oxygen atoms in total. The molecule has 0 spiro atoms. The van der Waals surface area contributed by atoms with Crippen LogP contribution in [0.4, 0.5) is 0 Å².